The van der Waals surface area contributed by atoms with Crippen LogP contribution in [0, 0.1) is 6.92 Å². The number of sulfone groups is 1. The molecule has 4 nitrogen and oxygen atoms in total. The summed E-state index contributed by atoms with van der Waals surface area (Å²) in [7, 11) is -3.64. The van der Waals surface area contributed by atoms with E-state index in [2.05, 4.69) is 103 Å². The van der Waals surface area contributed by atoms with Gasteiger partial charge in [-0.2, -0.15) is 0 Å². The Morgan fingerprint density at radius 3 is 1.78 bits per heavy atom. The molecule has 0 aliphatic carbocycles. The maximum Gasteiger partial charge on any atom is 0.206 e. The quantitative estimate of drug-likeness (QED) is 0.189. The van der Waals surface area contributed by atoms with Crippen LogP contribution in [0.2, 0.25) is 0 Å². The number of pyridine rings is 1. The second kappa shape index (κ2) is 11.3. The Bertz CT molecular complexity index is 2310. The summed E-state index contributed by atoms with van der Waals surface area (Å²) in [5.74, 6) is 0. The molecule has 1 aliphatic rings. The van der Waals surface area contributed by atoms with Crippen molar-refractivity contribution < 1.29 is 8.42 Å². The molecule has 6 aromatic carbocycles. The smallest absolute Gasteiger partial charge is 0.206 e. The van der Waals surface area contributed by atoms with E-state index >= 15 is 0 Å². The lowest BCUT2D eigenvalue weighted by molar-refractivity contribution is 0.596. The van der Waals surface area contributed by atoms with Crippen molar-refractivity contribution in [2.75, 3.05) is 4.90 Å². The number of anilines is 3. The molecule has 6 heteroatoms. The standard InChI is InChI=1S/C40H28N2O2S2/c1-27-20-25-36(42-34-16-8-10-18-37(34)45-38-19-11-9-17-35(38)42)40-39(27)32(28-12-4-2-5-13-28)26-33(41-40)29-21-23-31(24-22-29)46(43,44)30-14-6-3-7-15-30/h2-26H,1H3. The van der Waals surface area contributed by atoms with Crippen molar-refractivity contribution in [3.8, 4) is 22.4 Å². The van der Waals surface area contributed by atoms with Gasteiger partial charge < -0.3 is 4.90 Å². The lowest BCUT2D eigenvalue weighted by atomic mass is 9.94. The van der Waals surface area contributed by atoms with Crippen molar-refractivity contribution in [3.05, 3.63) is 157 Å². The second-order valence-electron chi connectivity index (χ2n) is 11.3. The minimum absolute atomic E-state index is 0.252. The fourth-order valence-electron chi connectivity index (χ4n) is 6.17. The van der Waals surface area contributed by atoms with Gasteiger partial charge in [-0.3, -0.25) is 0 Å². The van der Waals surface area contributed by atoms with Crippen LogP contribution in [0.25, 0.3) is 33.3 Å². The Balaban J connectivity index is 1.36. The first kappa shape index (κ1) is 28.3. The number of benzene rings is 6. The third-order valence-electron chi connectivity index (χ3n) is 8.42. The molecule has 8 rings (SSSR count). The van der Waals surface area contributed by atoms with Gasteiger partial charge in [0.25, 0.3) is 0 Å². The number of nitrogens with zero attached hydrogens (tertiary/aromatic N) is 2. The maximum atomic E-state index is 13.3. The van der Waals surface area contributed by atoms with E-state index in [0.29, 0.717) is 0 Å². The monoisotopic (exact) mass is 632 g/mol. The first-order valence-corrected chi connectivity index (χ1v) is 17.4. The summed E-state index contributed by atoms with van der Waals surface area (Å²) in [6, 6.07) is 49.5. The summed E-state index contributed by atoms with van der Waals surface area (Å²) in [5, 5.41) is 1.09. The lowest BCUT2D eigenvalue weighted by Crippen LogP contribution is -2.15. The van der Waals surface area contributed by atoms with Gasteiger partial charge in [0, 0.05) is 20.7 Å². The van der Waals surface area contributed by atoms with Crippen molar-refractivity contribution in [2.24, 2.45) is 0 Å². The topological polar surface area (TPSA) is 50.3 Å². The highest BCUT2D eigenvalue weighted by Crippen LogP contribution is 2.53. The molecule has 0 amide bonds. The van der Waals surface area contributed by atoms with Gasteiger partial charge in [0.2, 0.25) is 9.84 Å². The number of hydrogen-bond acceptors (Lipinski definition) is 5. The Hall–Kier alpha value is -5.17. The maximum absolute atomic E-state index is 13.3. The van der Waals surface area contributed by atoms with Gasteiger partial charge in [0.1, 0.15) is 0 Å². The van der Waals surface area contributed by atoms with E-state index in [0.717, 1.165) is 55.9 Å². The van der Waals surface area contributed by atoms with Crippen molar-refractivity contribution in [3.63, 3.8) is 0 Å². The number of rotatable bonds is 5. The van der Waals surface area contributed by atoms with Gasteiger partial charge in [0.05, 0.1) is 38.1 Å². The highest BCUT2D eigenvalue weighted by atomic mass is 32.2. The summed E-state index contributed by atoms with van der Waals surface area (Å²) in [4.78, 5) is 10.6. The molecule has 0 bridgehead atoms. The minimum Gasteiger partial charge on any atom is -0.306 e. The average molecular weight is 633 g/mol. The van der Waals surface area contributed by atoms with Crippen LogP contribution in [0.1, 0.15) is 5.56 Å². The highest BCUT2D eigenvalue weighted by molar-refractivity contribution is 7.99. The first-order valence-electron chi connectivity index (χ1n) is 15.1. The van der Waals surface area contributed by atoms with E-state index in [4.69, 9.17) is 4.98 Å². The van der Waals surface area contributed by atoms with Gasteiger partial charge in [-0.25, -0.2) is 13.4 Å². The molecule has 0 radical (unpaired) electrons. The van der Waals surface area contributed by atoms with Gasteiger partial charge in [-0.15, -0.1) is 0 Å². The van der Waals surface area contributed by atoms with Gasteiger partial charge >= 0.3 is 0 Å². The molecule has 0 saturated carbocycles. The van der Waals surface area contributed by atoms with Crippen LogP contribution in [-0.4, -0.2) is 13.4 Å². The zero-order valence-corrected chi connectivity index (χ0v) is 26.6. The van der Waals surface area contributed by atoms with Crippen LogP contribution >= 0.6 is 11.8 Å². The molecule has 2 heterocycles. The van der Waals surface area contributed by atoms with E-state index in [1.54, 1.807) is 48.2 Å². The van der Waals surface area contributed by atoms with Crippen LogP contribution in [-0.2, 0) is 9.84 Å². The fourth-order valence-corrected chi connectivity index (χ4v) is 8.51. The molecule has 7 aromatic rings. The Kier molecular flexibility index (Phi) is 6.97. The molecule has 0 atom stereocenters. The molecular formula is C40H28N2O2S2. The normalized spacial score (nSPS) is 12.5. The second-order valence-corrected chi connectivity index (χ2v) is 14.3. The molecule has 0 spiro atoms. The van der Waals surface area contributed by atoms with Gasteiger partial charge in [-0.05, 0) is 84.3 Å². The van der Waals surface area contributed by atoms with E-state index < -0.39 is 9.84 Å². The van der Waals surface area contributed by atoms with Crippen molar-refractivity contribution in [1.29, 1.82) is 0 Å². The summed E-state index contributed by atoms with van der Waals surface area (Å²) < 4.78 is 26.7. The average Bonchev–Trinajstić information content (AvgIpc) is 3.11. The molecule has 0 fully saturated rings. The van der Waals surface area contributed by atoms with Crippen LogP contribution in [0.5, 0.6) is 0 Å². The third-order valence-corrected chi connectivity index (χ3v) is 11.3. The molecule has 222 valence electrons. The first-order chi connectivity index (χ1) is 22.5. The van der Waals surface area contributed by atoms with E-state index in [1.165, 1.54) is 9.79 Å². The van der Waals surface area contributed by atoms with Crippen LogP contribution in [0.3, 0.4) is 0 Å². The van der Waals surface area contributed by atoms with Crippen molar-refractivity contribution in [1.82, 2.24) is 4.98 Å². The predicted molar refractivity (Wildman–Crippen MR) is 188 cm³/mol. The molecule has 1 aromatic heterocycles. The molecule has 1 aliphatic heterocycles. The molecule has 0 unspecified atom stereocenters. The van der Waals surface area contributed by atoms with E-state index in [-0.39, 0.29) is 9.79 Å². The molecule has 0 N–H and O–H groups in total. The zero-order valence-electron chi connectivity index (χ0n) is 25.0. The Morgan fingerprint density at radius 1 is 0.565 bits per heavy atom. The molecule has 46 heavy (non-hydrogen) atoms. The number of aryl methyl sites for hydroxylation is 1. The SMILES string of the molecule is Cc1ccc(N2c3ccccc3Sc3ccccc32)c2nc(-c3ccc(S(=O)(=O)c4ccccc4)cc3)cc(-c3ccccc3)c12. The van der Waals surface area contributed by atoms with Crippen molar-refractivity contribution >= 4 is 49.6 Å². The predicted octanol–water partition coefficient (Wildman–Crippen LogP) is 10.6. The third kappa shape index (κ3) is 4.78. The number of aromatic nitrogens is 1. The van der Waals surface area contributed by atoms with Gasteiger partial charge in [0.15, 0.2) is 0 Å². The largest absolute Gasteiger partial charge is 0.306 e. The summed E-state index contributed by atoms with van der Waals surface area (Å²) in [5.41, 5.74) is 9.01. The minimum atomic E-state index is -3.64. The van der Waals surface area contributed by atoms with Crippen LogP contribution in [0.15, 0.2) is 171 Å². The van der Waals surface area contributed by atoms with E-state index in [9.17, 15) is 8.42 Å². The Labute approximate surface area is 272 Å². The number of fused-ring (bicyclic) bond motifs is 3. The number of para-hydroxylation sites is 2. The fraction of sp³-hybridized carbons (Fsp3) is 0.0250. The van der Waals surface area contributed by atoms with Crippen LogP contribution in [0.4, 0.5) is 17.1 Å². The van der Waals surface area contributed by atoms with Crippen molar-refractivity contribution in [2.45, 2.75) is 26.5 Å². The zero-order chi connectivity index (χ0) is 31.3. The van der Waals surface area contributed by atoms with Gasteiger partial charge in [-0.1, -0.05) is 103 Å². The summed E-state index contributed by atoms with van der Waals surface area (Å²) in [6.45, 7) is 2.14. The van der Waals surface area contributed by atoms with E-state index in [1.807, 2.05) is 24.3 Å². The highest BCUT2D eigenvalue weighted by Gasteiger charge is 2.27. The lowest BCUT2D eigenvalue weighted by Gasteiger charge is -2.33. The Morgan fingerprint density at radius 2 is 1.13 bits per heavy atom. The molecule has 0 saturated heterocycles. The summed E-state index contributed by atoms with van der Waals surface area (Å²) >= 11 is 1.78. The number of hydrogen-bond donors (Lipinski definition) is 0. The summed E-state index contributed by atoms with van der Waals surface area (Å²) in [6.07, 6.45) is 0. The van der Waals surface area contributed by atoms with Crippen LogP contribution < -0.4 is 4.90 Å². The molecular weight excluding hydrogens is 605 g/mol.